The lowest BCUT2D eigenvalue weighted by Gasteiger charge is -2.31. The van der Waals surface area contributed by atoms with E-state index in [9.17, 15) is 4.57 Å². The summed E-state index contributed by atoms with van der Waals surface area (Å²) in [5.74, 6) is 1.40. The standard InChI is InChI=1S/C17H27O6P/c1-11(2)13-7-5-8-14(12(3)4)17(13)22-15-9-6-10-16(21-15)23-24(18,19)20/h5,7-8,11-12,15-16H,6,9-10H2,1-4H3,(H2,18,19,20). The Labute approximate surface area is 143 Å². The van der Waals surface area contributed by atoms with Gasteiger partial charge in [-0.2, -0.15) is 0 Å². The molecule has 1 aromatic rings. The van der Waals surface area contributed by atoms with Crippen LogP contribution in [0.5, 0.6) is 5.75 Å². The zero-order chi connectivity index (χ0) is 17.9. The zero-order valence-electron chi connectivity index (χ0n) is 14.6. The Morgan fingerprint density at radius 2 is 1.62 bits per heavy atom. The molecule has 2 N–H and O–H groups in total. The molecule has 136 valence electrons. The van der Waals surface area contributed by atoms with Crippen molar-refractivity contribution in [1.29, 1.82) is 0 Å². The fourth-order valence-corrected chi connectivity index (χ4v) is 3.29. The third-order valence-electron chi connectivity index (χ3n) is 4.01. The molecular weight excluding hydrogens is 331 g/mol. The molecule has 0 radical (unpaired) electrons. The molecule has 2 atom stereocenters. The average molecular weight is 358 g/mol. The minimum Gasteiger partial charge on any atom is -0.464 e. The average Bonchev–Trinajstić information content (AvgIpc) is 2.45. The van der Waals surface area contributed by atoms with E-state index in [4.69, 9.17) is 19.3 Å². The van der Waals surface area contributed by atoms with Gasteiger partial charge in [-0.1, -0.05) is 45.9 Å². The monoisotopic (exact) mass is 358 g/mol. The van der Waals surface area contributed by atoms with Crippen LogP contribution in [0, 0.1) is 0 Å². The van der Waals surface area contributed by atoms with Crippen molar-refractivity contribution in [3.63, 3.8) is 0 Å². The third-order valence-corrected chi connectivity index (χ3v) is 4.52. The molecule has 0 spiro atoms. The van der Waals surface area contributed by atoms with Crippen LogP contribution >= 0.6 is 7.82 Å². The first-order valence-electron chi connectivity index (χ1n) is 8.36. The highest BCUT2D eigenvalue weighted by atomic mass is 31.2. The first-order chi connectivity index (χ1) is 11.2. The zero-order valence-corrected chi connectivity index (χ0v) is 15.5. The van der Waals surface area contributed by atoms with Gasteiger partial charge in [0.15, 0.2) is 6.29 Å². The second kappa shape index (κ2) is 7.98. The van der Waals surface area contributed by atoms with Gasteiger partial charge < -0.3 is 19.3 Å². The molecule has 0 aliphatic carbocycles. The third kappa shape index (κ3) is 5.30. The van der Waals surface area contributed by atoms with E-state index in [2.05, 4.69) is 32.2 Å². The summed E-state index contributed by atoms with van der Waals surface area (Å²) < 4.78 is 27.4. The molecule has 0 aromatic heterocycles. The predicted octanol–water partition coefficient (Wildman–Crippen LogP) is 4.27. The fourth-order valence-electron chi connectivity index (χ4n) is 2.82. The molecule has 6 nitrogen and oxygen atoms in total. The Morgan fingerprint density at radius 3 is 2.12 bits per heavy atom. The van der Waals surface area contributed by atoms with Crippen LogP contribution in [0.1, 0.15) is 69.9 Å². The van der Waals surface area contributed by atoms with Crippen molar-refractivity contribution >= 4 is 7.82 Å². The van der Waals surface area contributed by atoms with Gasteiger partial charge in [0.05, 0.1) is 0 Å². The summed E-state index contributed by atoms with van der Waals surface area (Å²) in [6, 6.07) is 6.11. The van der Waals surface area contributed by atoms with Gasteiger partial charge in [-0.25, -0.2) is 4.57 Å². The number of benzene rings is 1. The summed E-state index contributed by atoms with van der Waals surface area (Å²) in [6.45, 7) is 8.42. The van der Waals surface area contributed by atoms with Crippen molar-refractivity contribution in [1.82, 2.24) is 0 Å². The maximum absolute atomic E-state index is 11.0. The lowest BCUT2D eigenvalue weighted by Crippen LogP contribution is -2.33. The Bertz CT molecular complexity index is 568. The van der Waals surface area contributed by atoms with Gasteiger partial charge >= 0.3 is 7.82 Å². The van der Waals surface area contributed by atoms with Crippen molar-refractivity contribution < 1.29 is 28.3 Å². The first kappa shape index (κ1) is 19.4. The fraction of sp³-hybridized carbons (Fsp3) is 0.647. The van der Waals surface area contributed by atoms with Gasteiger partial charge in [-0.15, -0.1) is 0 Å². The molecule has 1 heterocycles. The molecule has 24 heavy (non-hydrogen) atoms. The van der Waals surface area contributed by atoms with E-state index >= 15 is 0 Å². The van der Waals surface area contributed by atoms with E-state index in [0.29, 0.717) is 24.7 Å². The largest absolute Gasteiger partial charge is 0.471 e. The van der Waals surface area contributed by atoms with Crippen LogP contribution in [-0.2, 0) is 13.8 Å². The molecule has 1 aliphatic rings. The Kier molecular flexibility index (Phi) is 6.46. The summed E-state index contributed by atoms with van der Waals surface area (Å²) in [6.07, 6.45) is 0.292. The van der Waals surface area contributed by atoms with Crippen LogP contribution in [0.15, 0.2) is 18.2 Å². The quantitative estimate of drug-likeness (QED) is 0.739. The predicted molar refractivity (Wildman–Crippen MR) is 90.9 cm³/mol. The van der Waals surface area contributed by atoms with Crippen LogP contribution in [0.3, 0.4) is 0 Å². The maximum atomic E-state index is 11.0. The molecule has 0 bridgehead atoms. The molecule has 1 saturated heterocycles. The summed E-state index contributed by atoms with van der Waals surface area (Å²) in [5.41, 5.74) is 2.20. The van der Waals surface area contributed by atoms with E-state index in [1.807, 2.05) is 18.2 Å². The molecular formula is C17H27O6P. The minimum absolute atomic E-state index is 0.296. The molecule has 7 heteroatoms. The molecule has 2 rings (SSSR count). The van der Waals surface area contributed by atoms with Crippen LogP contribution in [0.4, 0.5) is 0 Å². The number of phosphoric acid groups is 1. The van der Waals surface area contributed by atoms with Gasteiger partial charge in [0.25, 0.3) is 0 Å². The summed E-state index contributed by atoms with van der Waals surface area (Å²) >= 11 is 0. The van der Waals surface area contributed by atoms with Crippen LogP contribution < -0.4 is 4.74 Å². The van der Waals surface area contributed by atoms with Gasteiger partial charge in [0.1, 0.15) is 5.75 Å². The Hall–Kier alpha value is -0.910. The number of phosphoric ester groups is 1. The highest BCUT2D eigenvalue weighted by molar-refractivity contribution is 7.46. The van der Waals surface area contributed by atoms with E-state index in [1.165, 1.54) is 0 Å². The number of ether oxygens (including phenoxy) is 2. The van der Waals surface area contributed by atoms with Crippen molar-refractivity contribution in [2.45, 2.75) is 71.4 Å². The number of para-hydroxylation sites is 1. The molecule has 0 saturated carbocycles. The maximum Gasteiger partial charge on any atom is 0.471 e. The minimum atomic E-state index is -4.57. The highest BCUT2D eigenvalue weighted by Gasteiger charge is 2.31. The lowest BCUT2D eigenvalue weighted by atomic mass is 9.94. The lowest BCUT2D eigenvalue weighted by molar-refractivity contribution is -0.214. The van der Waals surface area contributed by atoms with Crippen molar-refractivity contribution in [2.24, 2.45) is 0 Å². The van der Waals surface area contributed by atoms with Gasteiger partial charge in [0, 0.05) is 6.42 Å². The normalized spacial score (nSPS) is 22.2. The molecule has 0 amide bonds. The topological polar surface area (TPSA) is 85.2 Å². The van der Waals surface area contributed by atoms with Gasteiger partial charge in [0.2, 0.25) is 6.29 Å². The highest BCUT2D eigenvalue weighted by Crippen LogP contribution is 2.41. The number of hydrogen-bond donors (Lipinski definition) is 2. The summed E-state index contributed by atoms with van der Waals surface area (Å²) in [4.78, 5) is 17.9. The van der Waals surface area contributed by atoms with E-state index in [0.717, 1.165) is 23.3 Å². The molecule has 1 aliphatic heterocycles. The van der Waals surface area contributed by atoms with Crippen molar-refractivity contribution in [3.05, 3.63) is 29.3 Å². The Balaban J connectivity index is 2.19. The second-order valence-electron chi connectivity index (χ2n) is 6.71. The SMILES string of the molecule is CC(C)c1cccc(C(C)C)c1OC1CCCC(OP(=O)(O)O)O1. The first-order valence-corrected chi connectivity index (χ1v) is 9.89. The molecule has 1 fully saturated rings. The van der Waals surface area contributed by atoms with Crippen molar-refractivity contribution in [3.8, 4) is 5.75 Å². The molecule has 1 aromatic carbocycles. The van der Waals surface area contributed by atoms with Crippen LogP contribution in [-0.4, -0.2) is 22.4 Å². The second-order valence-corrected chi connectivity index (χ2v) is 7.91. The van der Waals surface area contributed by atoms with E-state index in [1.54, 1.807) is 0 Å². The molecule has 2 unspecified atom stereocenters. The summed E-state index contributed by atoms with van der Waals surface area (Å²) in [5, 5.41) is 0. The smallest absolute Gasteiger partial charge is 0.464 e. The van der Waals surface area contributed by atoms with E-state index < -0.39 is 20.4 Å². The van der Waals surface area contributed by atoms with Crippen LogP contribution in [0.25, 0.3) is 0 Å². The van der Waals surface area contributed by atoms with Crippen LogP contribution in [0.2, 0.25) is 0 Å². The number of rotatable bonds is 6. The number of hydrogen-bond acceptors (Lipinski definition) is 4. The van der Waals surface area contributed by atoms with Crippen molar-refractivity contribution in [2.75, 3.05) is 0 Å². The Morgan fingerprint density at radius 1 is 1.08 bits per heavy atom. The van der Waals surface area contributed by atoms with E-state index in [-0.39, 0.29) is 0 Å². The van der Waals surface area contributed by atoms with Gasteiger partial charge in [-0.05, 0) is 35.8 Å². The summed E-state index contributed by atoms with van der Waals surface area (Å²) in [7, 11) is -4.57. The van der Waals surface area contributed by atoms with Gasteiger partial charge in [-0.3, -0.25) is 4.52 Å².